The topological polar surface area (TPSA) is 80.6 Å². The van der Waals surface area contributed by atoms with Crippen LogP contribution in [0.3, 0.4) is 0 Å². The Bertz CT molecular complexity index is 337. The summed E-state index contributed by atoms with van der Waals surface area (Å²) < 4.78 is 1.99. The van der Waals surface area contributed by atoms with Gasteiger partial charge in [-0.25, -0.2) is 0 Å². The third-order valence-electron chi connectivity index (χ3n) is 1.52. The maximum Gasteiger partial charge on any atom is 0.211 e. The molecule has 0 aliphatic rings. The van der Waals surface area contributed by atoms with Crippen molar-refractivity contribution in [3.8, 4) is 0 Å². The van der Waals surface area contributed by atoms with Gasteiger partial charge in [0.15, 0.2) is 18.9 Å². The summed E-state index contributed by atoms with van der Waals surface area (Å²) in [5, 5.41) is 7.42. The first-order chi connectivity index (χ1) is 6.68. The Kier molecular flexibility index (Phi) is 3.60. The molecule has 0 bridgehead atoms. The van der Waals surface area contributed by atoms with Gasteiger partial charge >= 0.3 is 0 Å². The van der Waals surface area contributed by atoms with Gasteiger partial charge in [-0.05, 0) is 6.92 Å². The smallest absolute Gasteiger partial charge is 0.211 e. The zero-order valence-corrected chi connectivity index (χ0v) is 8.09. The van der Waals surface area contributed by atoms with E-state index >= 15 is 0 Å². The lowest BCUT2D eigenvalue weighted by atomic mass is 10.4. The van der Waals surface area contributed by atoms with E-state index in [0.29, 0.717) is 6.54 Å². The van der Waals surface area contributed by atoms with Gasteiger partial charge in [0.1, 0.15) is 5.71 Å². The fraction of sp³-hybridized carbons (Fsp3) is 0.222. The van der Waals surface area contributed by atoms with E-state index in [1.807, 2.05) is 42.1 Å². The average molecular weight is 192 g/mol. The van der Waals surface area contributed by atoms with Crippen molar-refractivity contribution in [1.82, 2.24) is 0 Å². The standard InChI is InChI=1S/C9H14N5/c1-8(12-13-9(10)11)7-14-5-3-2-4-6-14/h2-6H,7H2,1H3,(H4,10,11,13)/q+1/b12-8+. The Morgan fingerprint density at radius 2 is 1.79 bits per heavy atom. The number of pyridine rings is 1. The van der Waals surface area contributed by atoms with Crippen LogP contribution in [0, 0.1) is 0 Å². The fourth-order valence-electron chi connectivity index (χ4n) is 0.979. The maximum atomic E-state index is 5.15. The minimum Gasteiger partial charge on any atom is -0.369 e. The van der Waals surface area contributed by atoms with Gasteiger partial charge in [0.25, 0.3) is 0 Å². The number of rotatable bonds is 3. The second-order valence-corrected chi connectivity index (χ2v) is 2.91. The molecule has 0 aliphatic heterocycles. The van der Waals surface area contributed by atoms with Gasteiger partial charge in [-0.15, -0.1) is 5.10 Å². The quantitative estimate of drug-likeness (QED) is 0.296. The van der Waals surface area contributed by atoms with Crippen molar-refractivity contribution in [3.63, 3.8) is 0 Å². The fourth-order valence-corrected chi connectivity index (χ4v) is 0.979. The molecule has 1 aromatic rings. The molecule has 0 aromatic carbocycles. The van der Waals surface area contributed by atoms with Crippen LogP contribution in [0.4, 0.5) is 0 Å². The Labute approximate surface area is 82.8 Å². The highest BCUT2D eigenvalue weighted by Gasteiger charge is 1.99. The highest BCUT2D eigenvalue weighted by molar-refractivity contribution is 5.82. The van der Waals surface area contributed by atoms with Gasteiger partial charge in [-0.1, -0.05) is 6.07 Å². The molecule has 0 fully saturated rings. The van der Waals surface area contributed by atoms with E-state index in [-0.39, 0.29) is 5.96 Å². The summed E-state index contributed by atoms with van der Waals surface area (Å²) in [6.07, 6.45) is 3.91. The summed E-state index contributed by atoms with van der Waals surface area (Å²) in [7, 11) is 0. The first-order valence-electron chi connectivity index (χ1n) is 4.24. The van der Waals surface area contributed by atoms with Crippen molar-refractivity contribution in [1.29, 1.82) is 0 Å². The van der Waals surface area contributed by atoms with E-state index < -0.39 is 0 Å². The number of nitrogens with two attached hydrogens (primary N) is 2. The molecule has 0 atom stereocenters. The average Bonchev–Trinajstić information content (AvgIpc) is 2.16. The summed E-state index contributed by atoms with van der Waals surface area (Å²) in [6.45, 7) is 2.55. The molecule has 1 heterocycles. The van der Waals surface area contributed by atoms with Gasteiger partial charge in [0, 0.05) is 12.1 Å². The van der Waals surface area contributed by atoms with Crippen molar-refractivity contribution in [2.75, 3.05) is 0 Å². The van der Waals surface area contributed by atoms with Crippen LogP contribution in [0.1, 0.15) is 6.92 Å². The summed E-state index contributed by atoms with van der Waals surface area (Å²) >= 11 is 0. The molecule has 74 valence electrons. The second kappa shape index (κ2) is 4.96. The molecule has 0 amide bonds. The molecule has 1 aromatic heterocycles. The van der Waals surface area contributed by atoms with E-state index in [9.17, 15) is 0 Å². The highest BCUT2D eigenvalue weighted by atomic mass is 15.3. The van der Waals surface area contributed by atoms with Crippen LogP contribution in [0.5, 0.6) is 0 Å². The van der Waals surface area contributed by atoms with Crippen LogP contribution < -0.4 is 16.0 Å². The van der Waals surface area contributed by atoms with Crippen LogP contribution in [0.15, 0.2) is 40.8 Å². The van der Waals surface area contributed by atoms with Gasteiger partial charge in [0.2, 0.25) is 5.96 Å². The Morgan fingerprint density at radius 1 is 1.14 bits per heavy atom. The first kappa shape index (κ1) is 10.2. The molecule has 0 unspecified atom stereocenters. The molecule has 5 heteroatoms. The lowest BCUT2D eigenvalue weighted by molar-refractivity contribution is -0.682. The third kappa shape index (κ3) is 3.66. The minimum absolute atomic E-state index is 0.0255. The predicted molar refractivity (Wildman–Crippen MR) is 55.6 cm³/mol. The van der Waals surface area contributed by atoms with Gasteiger partial charge < -0.3 is 11.5 Å². The molecule has 0 radical (unpaired) electrons. The molecule has 0 aliphatic carbocycles. The normalized spacial score (nSPS) is 11.1. The second-order valence-electron chi connectivity index (χ2n) is 2.91. The van der Waals surface area contributed by atoms with Crippen LogP contribution in [0.2, 0.25) is 0 Å². The maximum absolute atomic E-state index is 5.15. The van der Waals surface area contributed by atoms with Crippen molar-refractivity contribution in [3.05, 3.63) is 30.6 Å². The molecule has 5 nitrogen and oxygen atoms in total. The molecule has 0 saturated heterocycles. The largest absolute Gasteiger partial charge is 0.369 e. The van der Waals surface area contributed by atoms with Crippen LogP contribution in [-0.4, -0.2) is 11.7 Å². The number of guanidine groups is 1. The monoisotopic (exact) mass is 192 g/mol. The number of nitrogens with zero attached hydrogens (tertiary/aromatic N) is 3. The number of aromatic nitrogens is 1. The third-order valence-corrected chi connectivity index (χ3v) is 1.52. The Hall–Kier alpha value is -1.91. The Morgan fingerprint density at radius 3 is 2.36 bits per heavy atom. The van der Waals surface area contributed by atoms with Crippen molar-refractivity contribution in [2.45, 2.75) is 13.5 Å². The van der Waals surface area contributed by atoms with E-state index in [2.05, 4.69) is 10.2 Å². The molecule has 1 rings (SSSR count). The lowest BCUT2D eigenvalue weighted by Gasteiger charge is -1.93. The molecular formula is C9H14N5+. The van der Waals surface area contributed by atoms with E-state index in [1.165, 1.54) is 0 Å². The molecule has 0 spiro atoms. The SMILES string of the molecule is C/C(C[n+]1ccccc1)=N\N=C(N)N. The molecular weight excluding hydrogens is 178 g/mol. The summed E-state index contributed by atoms with van der Waals surface area (Å²) in [6, 6.07) is 5.86. The molecule has 14 heavy (non-hydrogen) atoms. The van der Waals surface area contributed by atoms with Crippen molar-refractivity contribution >= 4 is 11.7 Å². The van der Waals surface area contributed by atoms with Crippen LogP contribution in [-0.2, 0) is 6.54 Å². The van der Waals surface area contributed by atoms with Crippen molar-refractivity contribution in [2.24, 2.45) is 21.7 Å². The van der Waals surface area contributed by atoms with E-state index in [1.54, 1.807) is 0 Å². The molecule has 4 N–H and O–H groups in total. The summed E-state index contributed by atoms with van der Waals surface area (Å²) in [5.41, 5.74) is 11.1. The summed E-state index contributed by atoms with van der Waals surface area (Å²) in [5.74, 6) is -0.0255. The van der Waals surface area contributed by atoms with Crippen molar-refractivity contribution < 1.29 is 4.57 Å². The predicted octanol–water partition coefficient (Wildman–Crippen LogP) is -0.377. The van der Waals surface area contributed by atoms with Gasteiger partial charge in [-0.3, -0.25) is 0 Å². The molecule has 0 saturated carbocycles. The van der Waals surface area contributed by atoms with Crippen LogP contribution in [0.25, 0.3) is 0 Å². The van der Waals surface area contributed by atoms with Gasteiger partial charge in [0.05, 0.1) is 0 Å². The minimum atomic E-state index is -0.0255. The lowest BCUT2D eigenvalue weighted by Crippen LogP contribution is -2.36. The summed E-state index contributed by atoms with van der Waals surface area (Å²) in [4.78, 5) is 0. The van der Waals surface area contributed by atoms with E-state index in [4.69, 9.17) is 11.5 Å². The number of hydrogen-bond donors (Lipinski definition) is 2. The first-order valence-corrected chi connectivity index (χ1v) is 4.24. The Balaban J connectivity index is 2.62. The van der Waals surface area contributed by atoms with Crippen LogP contribution >= 0.6 is 0 Å². The number of hydrogen-bond acceptors (Lipinski definition) is 2. The zero-order chi connectivity index (χ0) is 10.4. The highest BCUT2D eigenvalue weighted by Crippen LogP contribution is 1.82. The van der Waals surface area contributed by atoms with E-state index in [0.717, 1.165) is 5.71 Å². The zero-order valence-electron chi connectivity index (χ0n) is 8.09. The van der Waals surface area contributed by atoms with Gasteiger partial charge in [-0.2, -0.15) is 9.67 Å².